The van der Waals surface area contributed by atoms with E-state index in [1.165, 1.54) is 6.08 Å². The Kier molecular flexibility index (Phi) is 5.08. The van der Waals surface area contributed by atoms with Crippen LogP contribution >= 0.6 is 31.9 Å². The van der Waals surface area contributed by atoms with Gasteiger partial charge in [-0.2, -0.15) is 0 Å². The van der Waals surface area contributed by atoms with Gasteiger partial charge in [-0.25, -0.2) is 4.79 Å². The number of carboxylic acids is 1. The molecular formula is C12H10Br2O3. The van der Waals surface area contributed by atoms with Gasteiger partial charge in [-0.05, 0) is 24.6 Å². The zero-order valence-corrected chi connectivity index (χ0v) is 12.2. The normalized spacial score (nSPS) is 12.6. The lowest BCUT2D eigenvalue weighted by atomic mass is 10.1. The number of halogens is 2. The van der Waals surface area contributed by atoms with Gasteiger partial charge in [0.15, 0.2) is 5.78 Å². The molecule has 1 aromatic carbocycles. The van der Waals surface area contributed by atoms with E-state index < -0.39 is 5.97 Å². The van der Waals surface area contributed by atoms with Gasteiger partial charge in [0.25, 0.3) is 0 Å². The molecule has 1 N–H and O–H groups in total. The third kappa shape index (κ3) is 4.09. The highest BCUT2D eigenvalue weighted by molar-refractivity contribution is 9.10. The molecule has 0 saturated heterocycles. The molecule has 0 aromatic heterocycles. The molecular weight excluding hydrogens is 352 g/mol. The fourth-order valence-electron chi connectivity index (χ4n) is 1.21. The van der Waals surface area contributed by atoms with Crippen LogP contribution in [0.4, 0.5) is 0 Å². The van der Waals surface area contributed by atoms with Crippen molar-refractivity contribution in [2.45, 2.75) is 11.8 Å². The van der Waals surface area contributed by atoms with E-state index in [0.29, 0.717) is 15.6 Å². The molecule has 1 unspecified atom stereocenters. The number of carbonyl (C=O) groups is 2. The van der Waals surface area contributed by atoms with E-state index in [9.17, 15) is 9.59 Å². The SMILES string of the molecule is CC(Br)C(=O)c1ccc(/C=C/C(=O)O)c(Br)c1. The molecule has 17 heavy (non-hydrogen) atoms. The minimum absolute atomic E-state index is 0.0144. The molecule has 1 atom stereocenters. The first-order valence-electron chi connectivity index (χ1n) is 4.80. The minimum Gasteiger partial charge on any atom is -0.478 e. The summed E-state index contributed by atoms with van der Waals surface area (Å²) in [6.45, 7) is 1.76. The zero-order chi connectivity index (χ0) is 13.0. The summed E-state index contributed by atoms with van der Waals surface area (Å²) in [5.41, 5.74) is 1.29. The Labute approximate surface area is 116 Å². The predicted octanol–water partition coefficient (Wildman–Crippen LogP) is 3.51. The smallest absolute Gasteiger partial charge is 0.328 e. The predicted molar refractivity (Wildman–Crippen MR) is 73.5 cm³/mol. The summed E-state index contributed by atoms with van der Waals surface area (Å²) in [5, 5.41) is 8.52. The molecule has 0 aliphatic carbocycles. The summed E-state index contributed by atoms with van der Waals surface area (Å²) in [4.78, 5) is 21.8. The second kappa shape index (κ2) is 6.12. The van der Waals surface area contributed by atoms with Crippen molar-refractivity contribution in [3.05, 3.63) is 39.9 Å². The number of carboxylic acid groups (broad SMARTS) is 1. The van der Waals surface area contributed by atoms with Gasteiger partial charge in [-0.15, -0.1) is 0 Å². The van der Waals surface area contributed by atoms with Crippen LogP contribution in [0, 0.1) is 0 Å². The summed E-state index contributed by atoms with van der Waals surface area (Å²) < 4.78 is 0.689. The van der Waals surface area contributed by atoms with Gasteiger partial charge in [0.2, 0.25) is 0 Å². The Morgan fingerprint density at radius 1 is 1.41 bits per heavy atom. The largest absolute Gasteiger partial charge is 0.478 e. The second-order valence-electron chi connectivity index (χ2n) is 3.39. The van der Waals surface area contributed by atoms with Crippen LogP contribution in [0.25, 0.3) is 6.08 Å². The van der Waals surface area contributed by atoms with Gasteiger partial charge in [0, 0.05) is 16.1 Å². The van der Waals surface area contributed by atoms with Gasteiger partial charge in [-0.1, -0.05) is 44.0 Å². The van der Waals surface area contributed by atoms with Crippen LogP contribution in [-0.2, 0) is 4.79 Å². The summed E-state index contributed by atoms with van der Waals surface area (Å²) in [6.07, 6.45) is 2.52. The second-order valence-corrected chi connectivity index (χ2v) is 5.62. The number of carbonyl (C=O) groups excluding carboxylic acids is 1. The summed E-state index contributed by atoms with van der Waals surface area (Å²) >= 11 is 6.52. The fraction of sp³-hybridized carbons (Fsp3) is 0.167. The average Bonchev–Trinajstić information content (AvgIpc) is 2.26. The Bertz CT molecular complexity index is 479. The van der Waals surface area contributed by atoms with E-state index in [4.69, 9.17) is 5.11 Å². The first-order valence-corrected chi connectivity index (χ1v) is 6.51. The number of rotatable bonds is 4. The topological polar surface area (TPSA) is 54.4 Å². The molecule has 0 bridgehead atoms. The quantitative estimate of drug-likeness (QED) is 0.507. The van der Waals surface area contributed by atoms with E-state index in [0.717, 1.165) is 6.08 Å². The lowest BCUT2D eigenvalue weighted by Gasteiger charge is -2.05. The van der Waals surface area contributed by atoms with Crippen molar-refractivity contribution in [2.75, 3.05) is 0 Å². The van der Waals surface area contributed by atoms with Crippen molar-refractivity contribution in [2.24, 2.45) is 0 Å². The minimum atomic E-state index is -1.01. The van der Waals surface area contributed by atoms with Crippen molar-refractivity contribution in [1.82, 2.24) is 0 Å². The van der Waals surface area contributed by atoms with Crippen LogP contribution in [0.3, 0.4) is 0 Å². The van der Waals surface area contributed by atoms with E-state index in [1.54, 1.807) is 25.1 Å². The molecule has 0 spiro atoms. The molecule has 5 heteroatoms. The van der Waals surface area contributed by atoms with Crippen molar-refractivity contribution >= 4 is 49.7 Å². The molecule has 0 fully saturated rings. The number of ketones is 1. The summed E-state index contributed by atoms with van der Waals surface area (Å²) in [5.74, 6) is -1.02. The van der Waals surface area contributed by atoms with E-state index in [-0.39, 0.29) is 10.6 Å². The molecule has 0 radical (unpaired) electrons. The highest BCUT2D eigenvalue weighted by atomic mass is 79.9. The van der Waals surface area contributed by atoms with Crippen LogP contribution in [0.1, 0.15) is 22.8 Å². The molecule has 0 heterocycles. The van der Waals surface area contributed by atoms with Crippen LogP contribution in [0.5, 0.6) is 0 Å². The number of hydrogen-bond acceptors (Lipinski definition) is 2. The highest BCUT2D eigenvalue weighted by Gasteiger charge is 2.12. The van der Waals surface area contributed by atoms with Crippen molar-refractivity contribution in [1.29, 1.82) is 0 Å². The lowest BCUT2D eigenvalue weighted by molar-refractivity contribution is -0.131. The highest BCUT2D eigenvalue weighted by Crippen LogP contribution is 2.21. The maximum atomic E-state index is 11.7. The fourth-order valence-corrected chi connectivity index (χ4v) is 1.98. The van der Waals surface area contributed by atoms with Gasteiger partial charge in [0.1, 0.15) is 0 Å². The van der Waals surface area contributed by atoms with Crippen LogP contribution < -0.4 is 0 Å². The Morgan fingerprint density at radius 2 is 2.06 bits per heavy atom. The lowest BCUT2D eigenvalue weighted by Crippen LogP contribution is -2.09. The number of alkyl halides is 1. The van der Waals surface area contributed by atoms with Crippen molar-refractivity contribution in [3.8, 4) is 0 Å². The number of benzene rings is 1. The van der Waals surface area contributed by atoms with Gasteiger partial charge >= 0.3 is 5.97 Å². The third-order valence-electron chi connectivity index (χ3n) is 2.05. The molecule has 0 aliphatic rings. The first kappa shape index (κ1) is 14.1. The Hall–Kier alpha value is -0.940. The van der Waals surface area contributed by atoms with Crippen molar-refractivity contribution < 1.29 is 14.7 Å². The van der Waals surface area contributed by atoms with Crippen molar-refractivity contribution in [3.63, 3.8) is 0 Å². The molecule has 90 valence electrons. The third-order valence-corrected chi connectivity index (χ3v) is 3.15. The van der Waals surface area contributed by atoms with Gasteiger partial charge in [-0.3, -0.25) is 4.79 Å². The maximum absolute atomic E-state index is 11.7. The first-order chi connectivity index (χ1) is 7.91. The average molecular weight is 362 g/mol. The summed E-state index contributed by atoms with van der Waals surface area (Å²) in [7, 11) is 0. The van der Waals surface area contributed by atoms with Crippen LogP contribution in [0.15, 0.2) is 28.7 Å². The standard InChI is InChI=1S/C12H10Br2O3/c1-7(13)12(17)9-3-2-8(10(14)6-9)4-5-11(15)16/h2-7H,1H3,(H,15,16)/b5-4+. The van der Waals surface area contributed by atoms with E-state index in [1.807, 2.05) is 0 Å². The monoisotopic (exact) mass is 360 g/mol. The zero-order valence-electron chi connectivity index (χ0n) is 8.98. The molecule has 0 saturated carbocycles. The number of Topliss-reactive ketones (excluding diaryl/α,β-unsaturated/α-hetero) is 1. The van der Waals surface area contributed by atoms with Crippen LogP contribution in [0.2, 0.25) is 0 Å². The Balaban J connectivity index is 3.02. The van der Waals surface area contributed by atoms with Gasteiger partial charge in [0.05, 0.1) is 4.83 Å². The Morgan fingerprint density at radius 3 is 2.53 bits per heavy atom. The van der Waals surface area contributed by atoms with E-state index in [2.05, 4.69) is 31.9 Å². The van der Waals surface area contributed by atoms with E-state index >= 15 is 0 Å². The summed E-state index contributed by atoms with van der Waals surface area (Å²) in [6, 6.07) is 5.06. The van der Waals surface area contributed by atoms with Crippen LogP contribution in [-0.4, -0.2) is 21.7 Å². The number of hydrogen-bond donors (Lipinski definition) is 1. The molecule has 1 aromatic rings. The molecule has 1 rings (SSSR count). The maximum Gasteiger partial charge on any atom is 0.328 e. The molecule has 0 amide bonds. The number of aliphatic carboxylic acids is 1. The molecule has 0 aliphatic heterocycles. The molecule has 3 nitrogen and oxygen atoms in total. The van der Waals surface area contributed by atoms with Gasteiger partial charge < -0.3 is 5.11 Å².